The van der Waals surface area contributed by atoms with Gasteiger partial charge in [-0.25, -0.2) is 0 Å². The maximum atomic E-state index is 12.0. The molecule has 1 aromatic carbocycles. The van der Waals surface area contributed by atoms with Crippen LogP contribution in [0.3, 0.4) is 0 Å². The molecule has 1 unspecified atom stereocenters. The highest BCUT2D eigenvalue weighted by Gasteiger charge is 2.26. The third-order valence-corrected chi connectivity index (χ3v) is 2.82. The molecule has 2 rings (SSSR count). The van der Waals surface area contributed by atoms with Crippen molar-refractivity contribution in [1.29, 1.82) is 0 Å². The second-order valence-corrected chi connectivity index (χ2v) is 4.01. The van der Waals surface area contributed by atoms with Crippen LogP contribution >= 0.6 is 0 Å². The third kappa shape index (κ3) is 1.63. The summed E-state index contributed by atoms with van der Waals surface area (Å²) in [7, 11) is 0. The van der Waals surface area contributed by atoms with Gasteiger partial charge >= 0.3 is 0 Å². The maximum Gasteiger partial charge on any atom is 0.183 e. The number of ketones is 1. The SMILES string of the molecule is Cc1ccc(C)c2c1OCCC(N)C2=O. The molecule has 3 heteroatoms. The number of hydrogen-bond acceptors (Lipinski definition) is 3. The zero-order chi connectivity index (χ0) is 11.0. The highest BCUT2D eigenvalue weighted by atomic mass is 16.5. The Hall–Kier alpha value is -1.35. The number of hydrogen-bond donors (Lipinski definition) is 1. The monoisotopic (exact) mass is 205 g/mol. The minimum Gasteiger partial charge on any atom is -0.492 e. The van der Waals surface area contributed by atoms with E-state index in [4.69, 9.17) is 10.5 Å². The van der Waals surface area contributed by atoms with Crippen molar-refractivity contribution in [3.8, 4) is 5.75 Å². The zero-order valence-electron chi connectivity index (χ0n) is 9.04. The van der Waals surface area contributed by atoms with E-state index in [-0.39, 0.29) is 5.78 Å². The first kappa shape index (κ1) is 10.2. The lowest BCUT2D eigenvalue weighted by molar-refractivity contribution is 0.0960. The van der Waals surface area contributed by atoms with E-state index in [2.05, 4.69) is 0 Å². The fourth-order valence-corrected chi connectivity index (χ4v) is 1.88. The number of rotatable bonds is 0. The molecule has 1 aliphatic heterocycles. The smallest absolute Gasteiger partial charge is 0.183 e. The fourth-order valence-electron chi connectivity index (χ4n) is 1.88. The zero-order valence-corrected chi connectivity index (χ0v) is 9.04. The number of fused-ring (bicyclic) bond motifs is 1. The van der Waals surface area contributed by atoms with Gasteiger partial charge in [0.1, 0.15) is 5.75 Å². The van der Waals surface area contributed by atoms with Crippen molar-refractivity contribution in [2.75, 3.05) is 6.61 Å². The molecule has 0 aromatic heterocycles. The molecule has 3 nitrogen and oxygen atoms in total. The van der Waals surface area contributed by atoms with E-state index in [1.807, 2.05) is 26.0 Å². The van der Waals surface area contributed by atoms with Gasteiger partial charge in [-0.15, -0.1) is 0 Å². The second-order valence-electron chi connectivity index (χ2n) is 4.01. The topological polar surface area (TPSA) is 52.3 Å². The summed E-state index contributed by atoms with van der Waals surface area (Å²) in [4.78, 5) is 12.0. The molecule has 15 heavy (non-hydrogen) atoms. The molecule has 0 fully saturated rings. The Morgan fingerprint density at radius 3 is 2.73 bits per heavy atom. The van der Waals surface area contributed by atoms with Gasteiger partial charge in [0.15, 0.2) is 5.78 Å². The summed E-state index contributed by atoms with van der Waals surface area (Å²) >= 11 is 0. The van der Waals surface area contributed by atoms with Gasteiger partial charge in [-0.1, -0.05) is 12.1 Å². The highest BCUT2D eigenvalue weighted by Crippen LogP contribution is 2.30. The molecule has 1 aliphatic rings. The molecule has 0 aliphatic carbocycles. The molecule has 0 saturated carbocycles. The second kappa shape index (κ2) is 3.66. The van der Waals surface area contributed by atoms with Crippen molar-refractivity contribution in [1.82, 2.24) is 0 Å². The van der Waals surface area contributed by atoms with Crippen molar-refractivity contribution >= 4 is 5.78 Å². The van der Waals surface area contributed by atoms with E-state index in [1.54, 1.807) is 0 Å². The minimum absolute atomic E-state index is 0.00343. The van der Waals surface area contributed by atoms with Gasteiger partial charge in [0.05, 0.1) is 18.2 Å². The van der Waals surface area contributed by atoms with Crippen LogP contribution in [0.1, 0.15) is 27.9 Å². The molecule has 1 atom stereocenters. The van der Waals surface area contributed by atoms with Crippen LogP contribution in [0.25, 0.3) is 0 Å². The Labute approximate surface area is 89.2 Å². The first-order valence-corrected chi connectivity index (χ1v) is 5.14. The molecular weight excluding hydrogens is 190 g/mol. The molecule has 0 spiro atoms. The summed E-state index contributed by atoms with van der Waals surface area (Å²) in [6.07, 6.45) is 0.590. The van der Waals surface area contributed by atoms with Crippen molar-refractivity contribution in [3.63, 3.8) is 0 Å². The van der Waals surface area contributed by atoms with Crippen LogP contribution in [0.2, 0.25) is 0 Å². The van der Waals surface area contributed by atoms with E-state index in [0.717, 1.165) is 11.1 Å². The van der Waals surface area contributed by atoms with E-state index < -0.39 is 6.04 Å². The molecule has 80 valence electrons. The Morgan fingerprint density at radius 2 is 2.00 bits per heavy atom. The number of aryl methyl sites for hydroxylation is 2. The van der Waals surface area contributed by atoms with Gasteiger partial charge in [0.2, 0.25) is 0 Å². The summed E-state index contributed by atoms with van der Waals surface area (Å²) in [6, 6.07) is 3.48. The third-order valence-electron chi connectivity index (χ3n) is 2.82. The number of benzene rings is 1. The quantitative estimate of drug-likeness (QED) is 0.699. The summed E-state index contributed by atoms with van der Waals surface area (Å²) < 4.78 is 5.60. The van der Waals surface area contributed by atoms with Crippen LogP contribution in [0, 0.1) is 13.8 Å². The van der Waals surface area contributed by atoms with Gasteiger partial charge in [-0.05, 0) is 25.0 Å². The van der Waals surface area contributed by atoms with Crippen molar-refractivity contribution in [2.24, 2.45) is 5.73 Å². The average Bonchev–Trinajstić information content (AvgIpc) is 2.35. The molecular formula is C12H15NO2. The van der Waals surface area contributed by atoms with Gasteiger partial charge in [0.25, 0.3) is 0 Å². The summed E-state index contributed by atoms with van der Waals surface area (Å²) in [5, 5.41) is 0. The molecule has 0 radical (unpaired) electrons. The van der Waals surface area contributed by atoms with Crippen LogP contribution in [-0.2, 0) is 0 Å². The largest absolute Gasteiger partial charge is 0.492 e. The Kier molecular flexibility index (Phi) is 2.49. The van der Waals surface area contributed by atoms with Crippen LogP contribution in [-0.4, -0.2) is 18.4 Å². The summed E-state index contributed by atoms with van der Waals surface area (Å²) in [5.41, 5.74) is 8.39. The highest BCUT2D eigenvalue weighted by molar-refractivity contribution is 6.04. The standard InChI is InChI=1S/C12H15NO2/c1-7-3-4-8(2)12-10(7)11(14)9(13)5-6-15-12/h3-4,9H,5-6,13H2,1-2H3. The lowest BCUT2D eigenvalue weighted by Crippen LogP contribution is -2.30. The number of Topliss-reactive ketones (excluding diaryl/α,β-unsaturated/α-hetero) is 1. The van der Waals surface area contributed by atoms with Gasteiger partial charge in [-0.2, -0.15) is 0 Å². The van der Waals surface area contributed by atoms with E-state index in [0.29, 0.717) is 24.3 Å². The Morgan fingerprint density at radius 1 is 1.33 bits per heavy atom. The molecule has 0 saturated heterocycles. The minimum atomic E-state index is -0.424. The van der Waals surface area contributed by atoms with Crippen molar-refractivity contribution in [3.05, 3.63) is 28.8 Å². The number of ether oxygens (including phenoxy) is 1. The first-order chi connectivity index (χ1) is 7.11. The number of nitrogens with two attached hydrogens (primary N) is 1. The van der Waals surface area contributed by atoms with E-state index in [1.165, 1.54) is 0 Å². The van der Waals surface area contributed by atoms with Crippen LogP contribution in [0.15, 0.2) is 12.1 Å². The Bertz CT molecular complexity index is 412. The lowest BCUT2D eigenvalue weighted by atomic mass is 9.96. The number of carbonyl (C=O) groups excluding carboxylic acids is 1. The van der Waals surface area contributed by atoms with E-state index >= 15 is 0 Å². The molecule has 1 aromatic rings. The van der Waals surface area contributed by atoms with Crippen LogP contribution in [0.5, 0.6) is 5.75 Å². The van der Waals surface area contributed by atoms with E-state index in [9.17, 15) is 4.79 Å². The molecule has 2 N–H and O–H groups in total. The van der Waals surface area contributed by atoms with Gasteiger partial charge in [-0.3, -0.25) is 4.79 Å². The normalized spacial score (nSPS) is 20.5. The Balaban J connectivity index is 2.62. The van der Waals surface area contributed by atoms with Crippen LogP contribution in [0.4, 0.5) is 0 Å². The predicted molar refractivity (Wildman–Crippen MR) is 58.3 cm³/mol. The van der Waals surface area contributed by atoms with Crippen molar-refractivity contribution < 1.29 is 9.53 Å². The maximum absolute atomic E-state index is 12.0. The molecule has 0 bridgehead atoms. The first-order valence-electron chi connectivity index (χ1n) is 5.14. The molecule has 0 amide bonds. The summed E-state index contributed by atoms with van der Waals surface area (Å²) in [6.45, 7) is 4.38. The average molecular weight is 205 g/mol. The van der Waals surface area contributed by atoms with Gasteiger partial charge < -0.3 is 10.5 Å². The van der Waals surface area contributed by atoms with Gasteiger partial charge in [0, 0.05) is 6.42 Å². The lowest BCUT2D eigenvalue weighted by Gasteiger charge is -2.12. The van der Waals surface area contributed by atoms with Crippen LogP contribution < -0.4 is 10.5 Å². The molecule has 1 heterocycles. The van der Waals surface area contributed by atoms with Crippen molar-refractivity contribution in [2.45, 2.75) is 26.3 Å². The summed E-state index contributed by atoms with van der Waals surface area (Å²) in [5.74, 6) is 0.719. The fraction of sp³-hybridized carbons (Fsp3) is 0.417. The number of carbonyl (C=O) groups is 1. The predicted octanol–water partition coefficient (Wildman–Crippen LogP) is 1.60.